The molecule has 1 aliphatic rings. The van der Waals surface area contributed by atoms with Crippen molar-refractivity contribution in [3.05, 3.63) is 35.1 Å². The van der Waals surface area contributed by atoms with Crippen molar-refractivity contribution in [2.24, 2.45) is 0 Å². The summed E-state index contributed by atoms with van der Waals surface area (Å²) in [5, 5.41) is 10.9. The third-order valence-corrected chi connectivity index (χ3v) is 5.90. The largest absolute Gasteiger partial charge is 0.465 e. The van der Waals surface area contributed by atoms with Crippen LogP contribution in [0.2, 0.25) is 0 Å². The van der Waals surface area contributed by atoms with Crippen molar-refractivity contribution in [2.45, 2.75) is 43.8 Å². The van der Waals surface area contributed by atoms with Gasteiger partial charge in [0.1, 0.15) is 5.82 Å². The van der Waals surface area contributed by atoms with E-state index in [2.05, 4.69) is 10.0 Å². The summed E-state index contributed by atoms with van der Waals surface area (Å²) < 4.78 is 79.2. The summed E-state index contributed by atoms with van der Waals surface area (Å²) in [6.45, 7) is 2.73. The smallest absolute Gasteiger partial charge is 0.419 e. The molecule has 0 bridgehead atoms. The minimum absolute atomic E-state index is 0.115. The highest BCUT2D eigenvalue weighted by Crippen LogP contribution is 2.50. The summed E-state index contributed by atoms with van der Waals surface area (Å²) in [6, 6.07) is 2.52. The van der Waals surface area contributed by atoms with Gasteiger partial charge in [-0.25, -0.2) is 22.3 Å². The lowest BCUT2D eigenvalue weighted by Crippen LogP contribution is -2.51. The van der Waals surface area contributed by atoms with E-state index in [1.54, 1.807) is 0 Å². The van der Waals surface area contributed by atoms with Crippen LogP contribution in [-0.4, -0.2) is 37.5 Å². The maximum atomic E-state index is 13.5. The molecule has 1 aromatic rings. The van der Waals surface area contributed by atoms with Crippen LogP contribution >= 0.6 is 0 Å². The molecule has 1 aliphatic carbocycles. The summed E-state index contributed by atoms with van der Waals surface area (Å²) in [7, 11) is -3.91. The first kappa shape index (κ1) is 21.4. The third-order valence-electron chi connectivity index (χ3n) is 4.38. The van der Waals surface area contributed by atoms with Crippen molar-refractivity contribution in [3.8, 4) is 0 Å². The molecule has 2 rings (SSSR count). The van der Waals surface area contributed by atoms with Crippen molar-refractivity contribution in [1.29, 1.82) is 0 Å². The average Bonchev–Trinajstić information content (AvgIpc) is 3.23. The lowest BCUT2D eigenvalue weighted by molar-refractivity contribution is -0.140. The molecule has 1 fully saturated rings. The predicted octanol–water partition coefficient (Wildman–Crippen LogP) is 2.84. The molecule has 1 aromatic carbocycles. The van der Waals surface area contributed by atoms with Crippen LogP contribution in [0.15, 0.2) is 18.2 Å². The van der Waals surface area contributed by atoms with Gasteiger partial charge >= 0.3 is 12.3 Å². The fourth-order valence-electron chi connectivity index (χ4n) is 2.78. The number of hydrogen-bond donors (Lipinski definition) is 3. The number of benzene rings is 1. The normalized spacial score (nSPS) is 16.8. The first-order valence-corrected chi connectivity index (χ1v) is 9.67. The van der Waals surface area contributed by atoms with Gasteiger partial charge in [-0.05, 0) is 44.4 Å². The Morgan fingerprint density at radius 3 is 2.33 bits per heavy atom. The zero-order valence-corrected chi connectivity index (χ0v) is 15.5. The van der Waals surface area contributed by atoms with Crippen LogP contribution in [0, 0.1) is 5.82 Å². The summed E-state index contributed by atoms with van der Waals surface area (Å²) in [5.74, 6) is -1.88. The molecule has 152 valence electrons. The summed E-state index contributed by atoms with van der Waals surface area (Å²) in [5.41, 5.74) is -3.40. The molecule has 6 nitrogen and oxygen atoms in total. The molecule has 0 heterocycles. The number of halogens is 4. The number of carbonyl (C=O) groups is 1. The van der Waals surface area contributed by atoms with E-state index in [4.69, 9.17) is 5.11 Å². The van der Waals surface area contributed by atoms with Gasteiger partial charge in [-0.2, -0.15) is 13.2 Å². The number of alkyl halides is 3. The molecule has 11 heteroatoms. The molecule has 3 N–H and O–H groups in total. The van der Waals surface area contributed by atoms with E-state index in [1.807, 2.05) is 0 Å². The topological polar surface area (TPSA) is 95.5 Å². The predicted molar refractivity (Wildman–Crippen MR) is 89.3 cm³/mol. The fraction of sp³-hybridized carbons (Fsp3) is 0.562. The van der Waals surface area contributed by atoms with Gasteiger partial charge in [-0.3, -0.25) is 0 Å². The van der Waals surface area contributed by atoms with Crippen molar-refractivity contribution in [3.63, 3.8) is 0 Å². The van der Waals surface area contributed by atoms with E-state index >= 15 is 0 Å². The van der Waals surface area contributed by atoms with Gasteiger partial charge in [0.25, 0.3) is 0 Å². The molecule has 1 amide bonds. The maximum absolute atomic E-state index is 13.5. The molecule has 0 unspecified atom stereocenters. The third kappa shape index (κ3) is 5.55. The maximum Gasteiger partial charge on any atom is 0.419 e. The fourth-order valence-corrected chi connectivity index (χ4v) is 4.64. The lowest BCUT2D eigenvalue weighted by Gasteiger charge is -2.25. The number of nitrogens with one attached hydrogen (secondary N) is 2. The minimum atomic E-state index is -4.88. The molecule has 0 aliphatic heterocycles. The minimum Gasteiger partial charge on any atom is -0.465 e. The van der Waals surface area contributed by atoms with Crippen LogP contribution in [0.1, 0.15) is 37.8 Å². The van der Waals surface area contributed by atoms with Gasteiger partial charge in [0.15, 0.2) is 0 Å². The Morgan fingerprint density at radius 2 is 1.85 bits per heavy atom. The number of carboxylic acid groups (broad SMARTS) is 1. The molecule has 0 saturated heterocycles. The Balaban J connectivity index is 2.16. The SMILES string of the molecule is CC(C)(CNS(=O)(=O)CC1(c2ccc(F)c(C(F)(F)F)c2)CC1)NC(=O)O. The lowest BCUT2D eigenvalue weighted by atomic mass is 9.96. The quantitative estimate of drug-likeness (QED) is 0.600. The molecule has 0 spiro atoms. The average molecular weight is 412 g/mol. The van der Waals surface area contributed by atoms with Gasteiger partial charge in [-0.15, -0.1) is 0 Å². The second kappa shape index (κ2) is 6.93. The zero-order chi connectivity index (χ0) is 20.7. The zero-order valence-electron chi connectivity index (χ0n) is 14.7. The van der Waals surface area contributed by atoms with E-state index in [0.29, 0.717) is 25.0 Å². The van der Waals surface area contributed by atoms with Gasteiger partial charge < -0.3 is 10.4 Å². The van der Waals surface area contributed by atoms with Crippen molar-refractivity contribution in [2.75, 3.05) is 12.3 Å². The molecule has 0 aromatic heterocycles. The molecule has 0 atom stereocenters. The molecular weight excluding hydrogens is 392 g/mol. The van der Waals surface area contributed by atoms with Crippen LogP contribution < -0.4 is 10.0 Å². The standard InChI is InChI=1S/C16H20F4N2O4S/c1-14(2,22-13(23)24)8-21-27(25,26)9-15(5-6-15)10-3-4-12(17)11(7-10)16(18,19)20/h3-4,7,21-22H,5-6,8-9H2,1-2H3,(H,23,24). The Hall–Kier alpha value is -1.88. The van der Waals surface area contributed by atoms with Crippen LogP contribution in [0.5, 0.6) is 0 Å². The number of amides is 1. The summed E-state index contributed by atoms with van der Waals surface area (Å²) >= 11 is 0. The van der Waals surface area contributed by atoms with Crippen molar-refractivity contribution >= 4 is 16.1 Å². The van der Waals surface area contributed by atoms with E-state index < -0.39 is 50.4 Å². The number of sulfonamides is 1. The van der Waals surface area contributed by atoms with Gasteiger partial charge in [0, 0.05) is 12.0 Å². The molecule has 27 heavy (non-hydrogen) atoms. The highest BCUT2D eigenvalue weighted by Gasteiger charge is 2.49. The van der Waals surface area contributed by atoms with Crippen LogP contribution in [0.25, 0.3) is 0 Å². The van der Waals surface area contributed by atoms with E-state index in [0.717, 1.165) is 0 Å². The Morgan fingerprint density at radius 1 is 1.26 bits per heavy atom. The van der Waals surface area contributed by atoms with Crippen molar-refractivity contribution in [1.82, 2.24) is 10.0 Å². The van der Waals surface area contributed by atoms with Crippen molar-refractivity contribution < 1.29 is 35.9 Å². The van der Waals surface area contributed by atoms with Gasteiger partial charge in [0.05, 0.1) is 16.9 Å². The Kier molecular flexibility index (Phi) is 5.50. The number of hydrogen-bond acceptors (Lipinski definition) is 3. The first-order chi connectivity index (χ1) is 12.2. The first-order valence-electron chi connectivity index (χ1n) is 8.02. The van der Waals surface area contributed by atoms with Crippen LogP contribution in [0.4, 0.5) is 22.4 Å². The molecule has 0 radical (unpaired) electrons. The Bertz CT molecular complexity index is 833. The molecular formula is C16H20F4N2O4S. The second-order valence-corrected chi connectivity index (χ2v) is 9.17. The van der Waals surface area contributed by atoms with E-state index in [-0.39, 0.29) is 12.1 Å². The van der Waals surface area contributed by atoms with E-state index in [1.165, 1.54) is 19.9 Å². The van der Waals surface area contributed by atoms with Gasteiger partial charge in [0.2, 0.25) is 10.0 Å². The highest BCUT2D eigenvalue weighted by molar-refractivity contribution is 7.89. The van der Waals surface area contributed by atoms with Gasteiger partial charge in [-0.1, -0.05) is 6.07 Å². The van der Waals surface area contributed by atoms with E-state index in [9.17, 15) is 30.8 Å². The summed E-state index contributed by atoms with van der Waals surface area (Å²) in [4.78, 5) is 10.7. The monoisotopic (exact) mass is 412 g/mol. The number of rotatable bonds is 7. The highest BCUT2D eigenvalue weighted by atomic mass is 32.2. The molecule has 1 saturated carbocycles. The van der Waals surface area contributed by atoms with Crippen LogP contribution in [-0.2, 0) is 21.6 Å². The Labute approximate surface area is 154 Å². The summed E-state index contributed by atoms with van der Waals surface area (Å²) in [6.07, 6.45) is -5.48. The van der Waals surface area contributed by atoms with Crippen LogP contribution in [0.3, 0.4) is 0 Å². The second-order valence-electron chi connectivity index (χ2n) is 7.37.